The fourth-order valence-corrected chi connectivity index (χ4v) is 4.99. The number of aliphatic imine (C=N–C) groups is 2. The van der Waals surface area contributed by atoms with Crippen molar-refractivity contribution in [1.29, 1.82) is 0 Å². The normalized spacial score (nSPS) is 24.7. The number of nitrogens with zero attached hydrogens (tertiary/aromatic N) is 5. The standard InChI is InChI=1S/C29H23N7O2/c1-28(2)24-16-29(27-36-35-26(38-27)17-8-11-30-12-9-17)10-7-22(34-29)14-20-4-3-18(31-20)13-19-5-6-21(32-19)15-23(33-24)25(28)37/h3-16,23,31,33H,1-2H3. The number of nitrogens with one attached hydrogen (secondary N) is 2. The first-order valence-corrected chi connectivity index (χ1v) is 12.3. The van der Waals surface area contributed by atoms with E-state index in [0.717, 1.165) is 39.1 Å². The number of pyridine rings is 1. The number of H-pyrrole nitrogens is 1. The van der Waals surface area contributed by atoms with Gasteiger partial charge in [0.2, 0.25) is 5.89 Å². The van der Waals surface area contributed by atoms with Crippen LogP contribution in [0.3, 0.4) is 0 Å². The van der Waals surface area contributed by atoms with Crippen molar-refractivity contribution in [3.05, 3.63) is 101 Å². The van der Waals surface area contributed by atoms with Crippen molar-refractivity contribution < 1.29 is 9.21 Å². The first-order chi connectivity index (χ1) is 18.4. The van der Waals surface area contributed by atoms with Crippen LogP contribution in [-0.4, -0.2) is 43.4 Å². The maximum Gasteiger partial charge on any atom is 0.252 e. The van der Waals surface area contributed by atoms with E-state index in [9.17, 15) is 4.79 Å². The van der Waals surface area contributed by atoms with Gasteiger partial charge in [0.25, 0.3) is 5.89 Å². The van der Waals surface area contributed by atoms with Crippen LogP contribution >= 0.6 is 0 Å². The molecule has 0 radical (unpaired) electrons. The summed E-state index contributed by atoms with van der Waals surface area (Å²) in [4.78, 5) is 30.7. The number of hydrogen-bond acceptors (Lipinski definition) is 8. The summed E-state index contributed by atoms with van der Waals surface area (Å²) in [6.07, 6.45) is 18.8. The zero-order valence-electron chi connectivity index (χ0n) is 20.7. The SMILES string of the molecule is CC1(C)C(=O)C2C=C3C=CC(=N3)C=c3ccc([nH]3)=CC3=NC(c4nnc(-c5ccncc5)o4)(C=C3)C=C1N2. The highest BCUT2D eigenvalue weighted by Crippen LogP contribution is 2.41. The van der Waals surface area contributed by atoms with Gasteiger partial charge in [0.05, 0.1) is 22.5 Å². The number of ketones is 1. The molecule has 7 rings (SSSR count). The predicted octanol–water partition coefficient (Wildman–Crippen LogP) is 2.29. The molecule has 8 bridgehead atoms. The number of carbonyl (C=O) groups is 1. The molecule has 2 N–H and O–H groups in total. The van der Waals surface area contributed by atoms with E-state index in [2.05, 4.69) is 30.5 Å². The van der Waals surface area contributed by atoms with Gasteiger partial charge in [-0.25, -0.2) is 4.99 Å². The van der Waals surface area contributed by atoms with E-state index in [4.69, 9.17) is 9.41 Å². The summed E-state index contributed by atoms with van der Waals surface area (Å²) in [6.45, 7) is 3.82. The van der Waals surface area contributed by atoms with E-state index in [-0.39, 0.29) is 5.78 Å². The number of hydrogen-bond donors (Lipinski definition) is 2. The maximum absolute atomic E-state index is 13.5. The third-order valence-electron chi connectivity index (χ3n) is 7.12. The second-order valence-electron chi connectivity index (χ2n) is 10.1. The summed E-state index contributed by atoms with van der Waals surface area (Å²) >= 11 is 0. The van der Waals surface area contributed by atoms with Crippen molar-refractivity contribution in [2.75, 3.05) is 0 Å². The van der Waals surface area contributed by atoms with Crippen molar-refractivity contribution in [1.82, 2.24) is 25.5 Å². The van der Waals surface area contributed by atoms with Gasteiger partial charge in [-0.05, 0) is 86.7 Å². The highest BCUT2D eigenvalue weighted by atomic mass is 16.4. The fraction of sp³-hybridized carbons (Fsp3) is 0.172. The minimum atomic E-state index is -1.09. The molecule has 1 saturated heterocycles. The predicted molar refractivity (Wildman–Crippen MR) is 143 cm³/mol. The molecule has 3 aromatic rings. The van der Waals surface area contributed by atoms with Crippen LogP contribution in [0.4, 0.5) is 0 Å². The summed E-state index contributed by atoms with van der Waals surface area (Å²) < 4.78 is 6.17. The average Bonchev–Trinajstić information content (AvgIpc) is 3.73. The lowest BCUT2D eigenvalue weighted by atomic mass is 9.83. The van der Waals surface area contributed by atoms with Gasteiger partial charge in [-0.1, -0.05) is 0 Å². The Morgan fingerprint density at radius 2 is 1.74 bits per heavy atom. The Morgan fingerprint density at radius 1 is 0.947 bits per heavy atom. The summed E-state index contributed by atoms with van der Waals surface area (Å²) in [5.74, 6) is 0.718. The molecular formula is C29H23N7O2. The van der Waals surface area contributed by atoms with E-state index in [0.29, 0.717) is 11.8 Å². The Kier molecular flexibility index (Phi) is 4.72. The first-order valence-electron chi connectivity index (χ1n) is 12.3. The monoisotopic (exact) mass is 501 g/mol. The van der Waals surface area contributed by atoms with Crippen LogP contribution < -0.4 is 16.0 Å². The van der Waals surface area contributed by atoms with Crippen LogP contribution in [0.25, 0.3) is 23.6 Å². The minimum absolute atomic E-state index is 0.0473. The Bertz CT molecular complexity index is 1800. The van der Waals surface area contributed by atoms with Crippen molar-refractivity contribution in [3.63, 3.8) is 0 Å². The van der Waals surface area contributed by atoms with Crippen molar-refractivity contribution in [2.45, 2.75) is 25.4 Å². The second kappa shape index (κ2) is 8.04. The van der Waals surface area contributed by atoms with Gasteiger partial charge in [0.15, 0.2) is 11.3 Å². The molecule has 1 fully saturated rings. The lowest BCUT2D eigenvalue weighted by Gasteiger charge is -2.22. The van der Waals surface area contributed by atoms with Gasteiger partial charge in [-0.3, -0.25) is 14.8 Å². The fourth-order valence-electron chi connectivity index (χ4n) is 4.99. The van der Waals surface area contributed by atoms with E-state index in [1.807, 2.05) is 86.7 Å². The number of carbonyl (C=O) groups excluding carboxylic acids is 1. The molecule has 0 amide bonds. The largest absolute Gasteiger partial charge is 0.417 e. The zero-order chi connectivity index (χ0) is 25.9. The molecule has 4 aliphatic heterocycles. The molecular weight excluding hydrogens is 478 g/mol. The molecule has 0 aliphatic carbocycles. The smallest absolute Gasteiger partial charge is 0.252 e. The molecule has 0 aromatic carbocycles. The first kappa shape index (κ1) is 22.3. The maximum atomic E-state index is 13.5. The summed E-state index contributed by atoms with van der Waals surface area (Å²) in [6, 6.07) is 7.07. The van der Waals surface area contributed by atoms with Crippen LogP contribution in [0.15, 0.2) is 98.9 Å². The second-order valence-corrected chi connectivity index (χ2v) is 10.1. The third kappa shape index (κ3) is 3.62. The van der Waals surface area contributed by atoms with Crippen LogP contribution in [0.1, 0.15) is 19.7 Å². The summed E-state index contributed by atoms with van der Waals surface area (Å²) in [7, 11) is 0. The number of fused-ring (bicyclic) bond motifs is 6. The molecule has 38 heavy (non-hydrogen) atoms. The molecule has 7 heterocycles. The molecule has 0 saturated carbocycles. The molecule has 2 unspecified atom stereocenters. The molecule has 3 aromatic heterocycles. The van der Waals surface area contributed by atoms with Crippen LogP contribution in [-0.2, 0) is 10.3 Å². The van der Waals surface area contributed by atoms with Crippen LogP contribution in [0.5, 0.6) is 0 Å². The van der Waals surface area contributed by atoms with E-state index in [1.165, 1.54) is 0 Å². The number of rotatable bonds is 2. The molecule has 9 nitrogen and oxygen atoms in total. The van der Waals surface area contributed by atoms with Crippen molar-refractivity contribution in [2.24, 2.45) is 15.4 Å². The minimum Gasteiger partial charge on any atom is -0.417 e. The van der Waals surface area contributed by atoms with Crippen LogP contribution in [0, 0.1) is 5.41 Å². The van der Waals surface area contributed by atoms with Gasteiger partial charge < -0.3 is 14.7 Å². The lowest BCUT2D eigenvalue weighted by molar-refractivity contribution is -0.123. The molecule has 4 aliphatic rings. The van der Waals surface area contributed by atoms with Gasteiger partial charge in [0, 0.05) is 34.4 Å². The van der Waals surface area contributed by atoms with Crippen LogP contribution in [0.2, 0.25) is 0 Å². The molecule has 0 spiro atoms. The van der Waals surface area contributed by atoms with E-state index < -0.39 is 17.0 Å². The Morgan fingerprint density at radius 3 is 2.55 bits per heavy atom. The highest BCUT2D eigenvalue weighted by molar-refractivity contribution is 6.20. The number of allylic oxidation sites excluding steroid dienone is 4. The molecule has 186 valence electrons. The quantitative estimate of drug-likeness (QED) is 0.556. The van der Waals surface area contributed by atoms with Crippen molar-refractivity contribution in [3.8, 4) is 11.5 Å². The van der Waals surface area contributed by atoms with Gasteiger partial charge in [0.1, 0.15) is 6.04 Å². The van der Waals surface area contributed by atoms with Gasteiger partial charge in [-0.2, -0.15) is 0 Å². The Hall–Kier alpha value is -4.92. The molecule has 9 heteroatoms. The highest BCUT2D eigenvalue weighted by Gasteiger charge is 2.47. The number of Topliss-reactive ketones (excluding diaryl/α,β-unsaturated/α-hetero) is 1. The Balaban J connectivity index is 1.43. The topological polar surface area (TPSA) is 121 Å². The third-order valence-corrected chi connectivity index (χ3v) is 7.12. The summed E-state index contributed by atoms with van der Waals surface area (Å²) in [5.41, 5.74) is 1.88. The lowest BCUT2D eigenvalue weighted by Crippen LogP contribution is -2.27. The molecule has 2 atom stereocenters. The van der Waals surface area contributed by atoms with Gasteiger partial charge >= 0.3 is 0 Å². The zero-order valence-corrected chi connectivity index (χ0v) is 20.7. The van der Waals surface area contributed by atoms with Gasteiger partial charge in [-0.15, -0.1) is 10.2 Å². The summed E-state index contributed by atoms with van der Waals surface area (Å²) in [5, 5.41) is 13.9. The number of aromatic nitrogens is 4. The van der Waals surface area contributed by atoms with E-state index >= 15 is 0 Å². The number of aromatic amines is 1. The van der Waals surface area contributed by atoms with E-state index in [1.54, 1.807) is 12.4 Å². The average molecular weight is 502 g/mol. The van der Waals surface area contributed by atoms with Crippen molar-refractivity contribution >= 4 is 29.4 Å². The Labute approximate surface area is 217 Å².